The number of pyridine rings is 1. The summed E-state index contributed by atoms with van der Waals surface area (Å²) < 4.78 is 0. The molecule has 5 heteroatoms. The summed E-state index contributed by atoms with van der Waals surface area (Å²) >= 11 is 1.29. The highest BCUT2D eigenvalue weighted by Crippen LogP contribution is 2.15. The van der Waals surface area contributed by atoms with Crippen LogP contribution in [0.5, 0.6) is 0 Å². The highest BCUT2D eigenvalue weighted by Gasteiger charge is 2.02. The third kappa shape index (κ3) is 3.55. The molecule has 1 amide bonds. The van der Waals surface area contributed by atoms with Crippen molar-refractivity contribution in [1.82, 2.24) is 4.98 Å². The average molecular weight is 222 g/mol. The van der Waals surface area contributed by atoms with Crippen LogP contribution in [0.4, 0.5) is 0 Å². The van der Waals surface area contributed by atoms with E-state index >= 15 is 0 Å². The topological polar surface area (TPSA) is 73.1 Å². The fourth-order valence-electron chi connectivity index (χ4n) is 0.815. The van der Waals surface area contributed by atoms with Gasteiger partial charge in [0.25, 0.3) is 0 Å². The van der Waals surface area contributed by atoms with E-state index in [1.807, 2.05) is 0 Å². The minimum Gasteiger partial charge on any atom is -0.366 e. The summed E-state index contributed by atoms with van der Waals surface area (Å²) in [4.78, 5) is 25.6. The minimum absolute atomic E-state index is 0.0548. The van der Waals surface area contributed by atoms with Crippen molar-refractivity contribution < 1.29 is 9.59 Å². The number of rotatable bonds is 5. The van der Waals surface area contributed by atoms with Crippen molar-refractivity contribution in [2.75, 3.05) is 5.75 Å². The molecule has 0 saturated carbocycles. The number of aromatic nitrogens is 1. The van der Waals surface area contributed by atoms with Crippen molar-refractivity contribution in [3.8, 4) is 0 Å². The molecule has 0 fully saturated rings. The number of ketones is 1. The Kier molecular flexibility index (Phi) is 4.05. The first-order valence-corrected chi connectivity index (χ1v) is 5.16. The molecule has 0 bridgehead atoms. The molecule has 0 radical (unpaired) electrons. The summed E-state index contributed by atoms with van der Waals surface area (Å²) in [5, 5.41) is 0.676. The summed E-state index contributed by atoms with van der Waals surface area (Å²) in [7, 11) is 0. The first kappa shape index (κ1) is 11.5. The van der Waals surface area contributed by atoms with Crippen LogP contribution in [-0.2, 0) is 4.79 Å². The lowest BCUT2D eigenvalue weighted by atomic mass is 10.3. The molecular weight excluding hydrogens is 212 g/mol. The van der Waals surface area contributed by atoms with Crippen LogP contribution in [0.1, 0.15) is 10.4 Å². The molecule has 1 rings (SSSR count). The van der Waals surface area contributed by atoms with Gasteiger partial charge in [-0.05, 0) is 18.2 Å². The van der Waals surface area contributed by atoms with Gasteiger partial charge in [-0.3, -0.25) is 9.59 Å². The van der Waals surface area contributed by atoms with Gasteiger partial charge in [0, 0.05) is 6.20 Å². The first-order chi connectivity index (χ1) is 7.13. The lowest BCUT2D eigenvalue weighted by molar-refractivity contribution is -0.112. The van der Waals surface area contributed by atoms with Gasteiger partial charge in [-0.15, -0.1) is 0 Å². The van der Waals surface area contributed by atoms with Gasteiger partial charge in [-0.25, -0.2) is 4.98 Å². The Morgan fingerprint density at radius 2 is 2.27 bits per heavy atom. The molecule has 0 unspecified atom stereocenters. The van der Waals surface area contributed by atoms with Crippen LogP contribution in [0.3, 0.4) is 0 Å². The Morgan fingerprint density at radius 1 is 1.53 bits per heavy atom. The van der Waals surface area contributed by atoms with Crippen molar-refractivity contribution >= 4 is 23.5 Å². The third-order valence-electron chi connectivity index (χ3n) is 1.61. The summed E-state index contributed by atoms with van der Waals surface area (Å²) in [5.74, 6) is -0.270. The van der Waals surface area contributed by atoms with Gasteiger partial charge in [0.2, 0.25) is 5.91 Å². The second kappa shape index (κ2) is 5.31. The number of primary amides is 1. The van der Waals surface area contributed by atoms with E-state index in [-0.39, 0.29) is 5.78 Å². The Balaban J connectivity index is 2.60. The number of allylic oxidation sites excluding steroid dienone is 1. The highest BCUT2D eigenvalue weighted by molar-refractivity contribution is 7.99. The van der Waals surface area contributed by atoms with Gasteiger partial charge >= 0.3 is 0 Å². The maximum absolute atomic E-state index is 10.9. The maximum Gasteiger partial charge on any atom is 0.250 e. The fraction of sp³-hybridized carbons (Fsp3) is 0.100. The molecule has 0 aliphatic rings. The van der Waals surface area contributed by atoms with E-state index in [4.69, 9.17) is 5.73 Å². The van der Waals surface area contributed by atoms with Crippen molar-refractivity contribution in [3.63, 3.8) is 0 Å². The van der Waals surface area contributed by atoms with Crippen LogP contribution in [0, 0.1) is 0 Å². The van der Waals surface area contributed by atoms with Crippen LogP contribution in [-0.4, -0.2) is 22.4 Å². The molecule has 4 nitrogen and oxygen atoms in total. The molecule has 0 aliphatic heterocycles. The molecule has 15 heavy (non-hydrogen) atoms. The Bertz CT molecular complexity index is 387. The van der Waals surface area contributed by atoms with Gasteiger partial charge in [0.15, 0.2) is 5.78 Å². The van der Waals surface area contributed by atoms with E-state index in [1.165, 1.54) is 24.0 Å². The van der Waals surface area contributed by atoms with E-state index in [1.54, 1.807) is 12.1 Å². The molecule has 0 aliphatic carbocycles. The normalized spacial score (nSPS) is 9.60. The van der Waals surface area contributed by atoms with Crippen molar-refractivity contribution in [2.45, 2.75) is 5.03 Å². The summed E-state index contributed by atoms with van der Waals surface area (Å²) in [6.07, 6.45) is 2.66. The van der Waals surface area contributed by atoms with Gasteiger partial charge in [-0.2, -0.15) is 0 Å². The van der Waals surface area contributed by atoms with Crippen LogP contribution >= 0.6 is 11.8 Å². The molecule has 1 aromatic heterocycles. The average Bonchev–Trinajstić information content (AvgIpc) is 2.26. The minimum atomic E-state index is -0.513. The zero-order valence-electron chi connectivity index (χ0n) is 7.97. The molecule has 1 heterocycles. The lowest BCUT2D eigenvalue weighted by Crippen LogP contribution is -2.11. The molecule has 0 spiro atoms. The molecule has 0 aromatic carbocycles. The summed E-state index contributed by atoms with van der Waals surface area (Å²) in [5.41, 5.74) is 5.41. The van der Waals surface area contributed by atoms with Gasteiger partial charge in [-0.1, -0.05) is 18.3 Å². The van der Waals surface area contributed by atoms with Crippen molar-refractivity contribution in [1.29, 1.82) is 0 Å². The quantitative estimate of drug-likeness (QED) is 0.596. The number of carbonyl (C=O) groups excluding carboxylic acids is 2. The second-order valence-electron chi connectivity index (χ2n) is 2.71. The largest absolute Gasteiger partial charge is 0.366 e. The second-order valence-corrected chi connectivity index (χ2v) is 3.70. The number of thioether (sulfide) groups is 1. The van der Waals surface area contributed by atoms with Crippen LogP contribution in [0.2, 0.25) is 0 Å². The van der Waals surface area contributed by atoms with E-state index in [2.05, 4.69) is 11.6 Å². The number of hydrogen-bond acceptors (Lipinski definition) is 4. The van der Waals surface area contributed by atoms with Crippen LogP contribution in [0.25, 0.3) is 0 Å². The molecular formula is C10H10N2O2S. The predicted molar refractivity (Wildman–Crippen MR) is 58.7 cm³/mol. The zero-order valence-corrected chi connectivity index (χ0v) is 8.79. The molecule has 0 atom stereocenters. The highest BCUT2D eigenvalue weighted by atomic mass is 32.2. The number of nitrogens with two attached hydrogens (primary N) is 1. The Hall–Kier alpha value is -1.62. The standard InChI is InChI=1S/C10H10N2O2S/c1-2-8(13)6-15-9-4-3-7(5-12-9)10(11)14/h2-5H,1,6H2,(H2,11,14). The predicted octanol–water partition coefficient (Wildman–Crippen LogP) is 1.03. The number of carbonyl (C=O) groups is 2. The number of hydrogen-bond donors (Lipinski definition) is 1. The van der Waals surface area contributed by atoms with Crippen LogP contribution < -0.4 is 5.73 Å². The van der Waals surface area contributed by atoms with E-state index in [9.17, 15) is 9.59 Å². The smallest absolute Gasteiger partial charge is 0.250 e. The Labute approximate surface area is 91.6 Å². The molecule has 78 valence electrons. The molecule has 2 N–H and O–H groups in total. The fourth-order valence-corrected chi connectivity index (χ4v) is 1.51. The van der Waals surface area contributed by atoms with Gasteiger partial charge in [0.05, 0.1) is 16.3 Å². The third-order valence-corrected chi connectivity index (χ3v) is 2.58. The monoisotopic (exact) mass is 222 g/mol. The summed E-state index contributed by atoms with van der Waals surface area (Å²) in [6, 6.07) is 3.23. The number of amides is 1. The first-order valence-electron chi connectivity index (χ1n) is 4.17. The van der Waals surface area contributed by atoms with Crippen molar-refractivity contribution in [2.24, 2.45) is 5.73 Å². The maximum atomic E-state index is 10.9. The van der Waals surface area contributed by atoms with Crippen molar-refractivity contribution in [3.05, 3.63) is 36.5 Å². The molecule has 1 aromatic rings. The molecule has 0 saturated heterocycles. The van der Waals surface area contributed by atoms with E-state index in [0.717, 1.165) is 0 Å². The SMILES string of the molecule is C=CC(=O)CSc1ccc(C(N)=O)cn1. The number of nitrogens with zero attached hydrogens (tertiary/aromatic N) is 1. The van der Waals surface area contributed by atoms with E-state index < -0.39 is 5.91 Å². The Morgan fingerprint density at radius 3 is 2.73 bits per heavy atom. The van der Waals surface area contributed by atoms with Gasteiger partial charge in [0.1, 0.15) is 0 Å². The zero-order chi connectivity index (χ0) is 11.3. The van der Waals surface area contributed by atoms with E-state index in [0.29, 0.717) is 16.3 Å². The lowest BCUT2D eigenvalue weighted by Gasteiger charge is -1.99. The van der Waals surface area contributed by atoms with Crippen LogP contribution in [0.15, 0.2) is 36.0 Å². The summed E-state index contributed by atoms with van der Waals surface area (Å²) in [6.45, 7) is 3.37. The van der Waals surface area contributed by atoms with Gasteiger partial charge < -0.3 is 5.73 Å².